The van der Waals surface area contributed by atoms with Gasteiger partial charge in [-0.15, -0.1) is 10.2 Å². The Morgan fingerprint density at radius 3 is 1.11 bits per heavy atom. The second-order valence-corrected chi connectivity index (χ2v) is 17.3. The number of carboxylic acid groups (broad SMARTS) is 2. The van der Waals surface area contributed by atoms with Crippen molar-refractivity contribution in [3.05, 3.63) is 136 Å². The number of nitrogens with zero attached hydrogens (tertiary/aromatic N) is 12. The molecule has 12 rings (SSSR count). The third kappa shape index (κ3) is 33.7. The Labute approximate surface area is 843 Å². The molecule has 6 aliphatic heterocycles. The monoisotopic (exact) mass is 1620 g/mol. The van der Waals surface area contributed by atoms with Crippen molar-refractivity contribution in [3.8, 4) is 23.3 Å². The van der Waals surface area contributed by atoms with Crippen LogP contribution in [0.25, 0.3) is 32.6 Å². The molecule has 10 atom stereocenters. The molecule has 4 bridgehead atoms. The third-order valence-electron chi connectivity index (χ3n) is 14.3. The summed E-state index contributed by atoms with van der Waals surface area (Å²) in [5.74, 6) is 5.39. The van der Waals surface area contributed by atoms with Crippen LogP contribution in [0, 0.1) is 94.7 Å². The van der Waals surface area contributed by atoms with Crippen molar-refractivity contribution in [2.45, 2.75) is 76.7 Å². The number of hydrogen-bond acceptors (Lipinski definition) is 19. The maximum absolute atomic E-state index is 8.33. The predicted molar refractivity (Wildman–Crippen MR) is 272 cm³/mol. The minimum atomic E-state index is -2.33. The van der Waals surface area contributed by atoms with E-state index in [1.54, 1.807) is 14.2 Å². The molecule has 25 nitrogen and oxygen atoms in total. The fraction of sp³-hybridized carbons (Fsp3) is 0.400. The molecule has 3 aromatic carbocycles. The van der Waals surface area contributed by atoms with Crippen LogP contribution in [0.15, 0.2) is 85.2 Å². The first-order valence-corrected chi connectivity index (χ1v) is 23.4. The number of pyridine rings is 2. The first kappa shape index (κ1) is 123. The topological polar surface area (TPSA) is 478 Å². The molecule has 6 aromatic rings. The van der Waals surface area contributed by atoms with Crippen molar-refractivity contribution >= 4 is 38.7 Å². The molecule has 3 aromatic heterocycles. The van der Waals surface area contributed by atoms with E-state index in [9.17, 15) is 0 Å². The number of piperidine rings is 6. The van der Waals surface area contributed by atoms with Crippen molar-refractivity contribution < 1.29 is 463 Å². The average molecular weight is 1610 g/mol. The number of fused-ring (bicyclic) bond motifs is 9. The van der Waals surface area contributed by atoms with Crippen LogP contribution in [0.3, 0.4) is 0 Å². The summed E-state index contributed by atoms with van der Waals surface area (Å²) in [4.78, 5) is 23.1. The van der Waals surface area contributed by atoms with E-state index < -0.39 is 6.16 Å². The minimum absolute atomic E-state index is 0. The van der Waals surface area contributed by atoms with E-state index in [4.69, 9.17) is 125 Å². The molecule has 34 heteroatoms. The Morgan fingerprint density at radius 1 is 0.551 bits per heavy atom. The van der Waals surface area contributed by atoms with Gasteiger partial charge in [-0.2, -0.15) is 0 Å². The van der Waals surface area contributed by atoms with Gasteiger partial charge in [-0.05, 0) is 129 Å². The van der Waals surface area contributed by atoms with Gasteiger partial charge in [-0.1, -0.05) is 38.8 Å². The molecule has 6 fully saturated rings. The largest absolute Gasteiger partial charge is 6.00 e. The van der Waals surface area contributed by atoms with Crippen LogP contribution in [0.2, 0.25) is 0 Å². The molecule has 89 heavy (non-hydrogen) atoms. The van der Waals surface area contributed by atoms with Gasteiger partial charge in [0.2, 0.25) is 11.8 Å². The van der Waals surface area contributed by atoms with Crippen LogP contribution >= 0.6 is 0 Å². The SMILES string of the molecule is CC[C@H]1CN2CC[C@H]1C[C@@H]2[C@@H](Oc1nnc(O[C@@H](c2ccnc3ccc(OC)cc23)[C@H]2C[C@@H]3CCN2C[C@@H]3CC)c2ccccc12)c1ccnc2ccc(OC)cc12.O.O.O=C([O-])[O-].[C-]#N.[C-]#N.[C-]#N.[C-]#N.[C-]#N.[C-]#N.[Fe+3].[K+].[K+].[K+].[K+].[K+].[K+].[K+].[O-2].[O-2].[O-2].[O-2].[Os+6]. The zero-order valence-electron chi connectivity index (χ0n) is 51.8. The second-order valence-electron chi connectivity index (χ2n) is 17.3. The fourth-order valence-electron chi connectivity index (χ4n) is 11.1. The normalized spacial score (nSPS) is 18.3. The number of ether oxygens (including phenoxy) is 4. The van der Waals surface area contributed by atoms with E-state index >= 15 is 0 Å². The summed E-state index contributed by atoms with van der Waals surface area (Å²) >= 11 is 0. The van der Waals surface area contributed by atoms with Crippen molar-refractivity contribution in [3.63, 3.8) is 0 Å². The van der Waals surface area contributed by atoms with Gasteiger partial charge < -0.3 is 138 Å². The number of aromatic nitrogens is 4. The number of methoxy groups -OCH3 is 2. The molecular weight excluding hydrogens is 1560 g/mol. The van der Waals surface area contributed by atoms with Crippen LogP contribution in [-0.2, 0) is 58.8 Å². The standard InChI is InChI=1S/C48H54N6O4.6CN.CH2O3.Fe.7K.2H2O.4O.Os/c1-5-29-27-53-21-17-31(29)23-43(53)45(35-15-19-49-41-13-11-33(55-3)25-39(35)41)57-47-37-9-7-8-10-38(37)48(52-51-47)58-46(44-24-32-18-22-54(44)28-30(32)6-2)36-16-20-50-42-14-12-34(56-4)26-40(36)42;6*1-2;2-1(3)4;;;;;;;;;;;;;;;/h7-16,19-20,25-26,29-32,43-46H,5-6,17-18,21-24,27-28H2,1-4H3;;;;;;;(H2,2,3,4);;;;;;;;;2*1H2;;;;;/q;6*-1;;+3;7*+1;;;4*-2;+6/p-2/t29-,30-,31-,32-,43+,44+,45-,46-;;;;;;;;;;;;;;;;;;;;;;/m0....................../s1. The first-order chi connectivity index (χ1) is 36.3. The van der Waals surface area contributed by atoms with Gasteiger partial charge in [0, 0.05) is 47.4 Å². The van der Waals surface area contributed by atoms with E-state index in [2.05, 4.69) is 72.2 Å². The molecule has 439 valence electrons. The maximum Gasteiger partial charge on any atom is 6.00 e. The summed E-state index contributed by atoms with van der Waals surface area (Å²) in [5, 5.41) is 67.8. The van der Waals surface area contributed by atoms with Gasteiger partial charge in [0.05, 0.1) is 48.1 Å². The zero-order chi connectivity index (χ0) is 54.9. The molecule has 0 aliphatic carbocycles. The molecule has 0 spiro atoms. The summed E-state index contributed by atoms with van der Waals surface area (Å²) in [6.45, 7) is 37.5. The quantitative estimate of drug-likeness (QED) is 0.0811. The molecule has 4 N–H and O–H groups in total. The van der Waals surface area contributed by atoms with Gasteiger partial charge in [0.1, 0.15) is 23.7 Å². The molecule has 6 aliphatic rings. The third-order valence-corrected chi connectivity index (χ3v) is 14.3. The van der Waals surface area contributed by atoms with Gasteiger partial charge in [-0.3, -0.25) is 19.8 Å². The summed E-state index contributed by atoms with van der Waals surface area (Å²) in [5.41, 5.74) is 4.01. The van der Waals surface area contributed by atoms with E-state index in [-0.39, 0.29) is 454 Å². The Bertz CT molecular complexity index is 2720. The predicted octanol–water partition coefficient (Wildman–Crippen LogP) is -15.7. The van der Waals surface area contributed by atoms with Crippen LogP contribution in [0.5, 0.6) is 23.3 Å². The molecular formula is C55H58FeK7N12O13Os. The van der Waals surface area contributed by atoms with E-state index in [0.717, 1.165) is 94.2 Å². The molecule has 1 radical (unpaired) electrons. The minimum Gasteiger partial charge on any atom is -2.00 e. The van der Waals surface area contributed by atoms with Crippen molar-refractivity contribution in [1.29, 1.82) is 31.6 Å². The average Bonchev–Trinajstić information content (AvgIpc) is 3.48. The van der Waals surface area contributed by atoms with Crippen molar-refractivity contribution in [2.75, 3.05) is 40.4 Å². The van der Waals surface area contributed by atoms with Gasteiger partial charge >= 0.3 is 397 Å². The maximum atomic E-state index is 8.33. The Hall–Kier alpha value is 3.52. The summed E-state index contributed by atoms with van der Waals surface area (Å²) in [6.07, 6.45) is 7.91. The summed E-state index contributed by atoms with van der Waals surface area (Å²) in [7, 11) is 3.42. The van der Waals surface area contributed by atoms with Crippen LogP contribution < -0.4 is 389 Å². The Balaban J connectivity index is -0.000000157. The number of benzene rings is 3. The fourth-order valence-corrected chi connectivity index (χ4v) is 11.1. The van der Waals surface area contributed by atoms with Gasteiger partial charge in [-0.25, -0.2) is 0 Å². The second kappa shape index (κ2) is 68.6. The molecule has 2 unspecified atom stereocenters. The molecule has 0 saturated carbocycles. The van der Waals surface area contributed by atoms with E-state index in [1.165, 1.54) is 25.7 Å². The number of hydrogen-bond donors (Lipinski definition) is 0. The van der Waals surface area contributed by atoms with Crippen LogP contribution in [0.1, 0.15) is 75.7 Å². The molecule has 0 amide bonds. The first-order valence-electron chi connectivity index (χ1n) is 23.4. The van der Waals surface area contributed by atoms with Crippen LogP contribution in [-0.4, -0.2) is 99.6 Å². The van der Waals surface area contributed by atoms with E-state index in [0.29, 0.717) is 35.4 Å². The van der Waals surface area contributed by atoms with Crippen molar-refractivity contribution in [1.82, 2.24) is 30.0 Å². The number of carbonyl (C=O) groups excluding carboxylic acids is 1. The Morgan fingerprint density at radius 2 is 0.854 bits per heavy atom. The Kier molecular flexibility index (Phi) is 94.5. The zero-order valence-corrected chi connectivity index (χ0v) is 77.3. The van der Waals surface area contributed by atoms with Crippen molar-refractivity contribution in [2.24, 2.45) is 23.7 Å². The smallest absolute Gasteiger partial charge is 2.00 e. The summed E-state index contributed by atoms with van der Waals surface area (Å²) in [6, 6.07) is 25.1. The number of rotatable bonds is 12. The molecule has 9 heterocycles. The van der Waals surface area contributed by atoms with Gasteiger partial charge in [0.15, 0.2) is 0 Å². The van der Waals surface area contributed by atoms with E-state index in [1.807, 2.05) is 36.7 Å². The van der Waals surface area contributed by atoms with Gasteiger partial charge in [0.25, 0.3) is 0 Å². The summed E-state index contributed by atoms with van der Waals surface area (Å²) < 4.78 is 26.0. The van der Waals surface area contributed by atoms with Crippen LogP contribution in [0.4, 0.5) is 4.79 Å². The number of carbonyl (C=O) groups is 1. The molecule has 6 saturated heterocycles.